The molecular formula is C21H22N2O5S. The number of ether oxygens (including phenoxy) is 3. The van der Waals surface area contributed by atoms with Crippen LogP contribution in [-0.4, -0.2) is 31.7 Å². The quantitative estimate of drug-likeness (QED) is 0.665. The number of nitriles is 1. The number of amides is 1. The molecule has 152 valence electrons. The van der Waals surface area contributed by atoms with Crippen molar-refractivity contribution in [3.63, 3.8) is 0 Å². The molecule has 0 atom stereocenters. The molecule has 0 aliphatic heterocycles. The topological polar surface area (TPSA) is 97.7 Å². The Morgan fingerprint density at radius 2 is 1.79 bits per heavy atom. The number of nitrogens with zero attached hydrogens (tertiary/aromatic N) is 1. The summed E-state index contributed by atoms with van der Waals surface area (Å²) in [6.07, 6.45) is 3.94. The van der Waals surface area contributed by atoms with Crippen LogP contribution in [0.3, 0.4) is 0 Å². The van der Waals surface area contributed by atoms with Crippen LogP contribution in [0.1, 0.15) is 35.8 Å². The Labute approximate surface area is 173 Å². The highest BCUT2D eigenvalue weighted by Gasteiger charge is 2.22. The molecule has 0 saturated carbocycles. The van der Waals surface area contributed by atoms with Crippen LogP contribution in [0.25, 0.3) is 0 Å². The van der Waals surface area contributed by atoms with Crippen LogP contribution < -0.4 is 14.8 Å². The summed E-state index contributed by atoms with van der Waals surface area (Å²) in [4.78, 5) is 25.1. The highest BCUT2D eigenvalue weighted by atomic mass is 32.1. The predicted octanol–water partition coefficient (Wildman–Crippen LogP) is 3.46. The van der Waals surface area contributed by atoms with E-state index in [1.165, 1.54) is 11.3 Å². The van der Waals surface area contributed by atoms with Gasteiger partial charge in [-0.1, -0.05) is 0 Å². The van der Waals surface area contributed by atoms with Gasteiger partial charge in [-0.05, 0) is 62.4 Å². The number of thiophene rings is 1. The molecule has 1 amide bonds. The fraction of sp³-hybridized carbons (Fsp3) is 0.381. The number of hydrogen-bond acceptors (Lipinski definition) is 7. The van der Waals surface area contributed by atoms with Gasteiger partial charge < -0.3 is 19.5 Å². The lowest BCUT2D eigenvalue weighted by Crippen LogP contribution is -2.23. The Hall–Kier alpha value is -3.05. The maximum atomic E-state index is 12.1. The summed E-state index contributed by atoms with van der Waals surface area (Å²) in [5.41, 5.74) is 1.57. The highest BCUT2D eigenvalue weighted by molar-refractivity contribution is 7.16. The van der Waals surface area contributed by atoms with Gasteiger partial charge in [0.05, 0.1) is 12.2 Å². The normalized spacial score (nSPS) is 12.4. The highest BCUT2D eigenvalue weighted by Crippen LogP contribution is 2.37. The van der Waals surface area contributed by atoms with Crippen molar-refractivity contribution in [3.05, 3.63) is 40.3 Å². The smallest absolute Gasteiger partial charge is 0.344 e. The van der Waals surface area contributed by atoms with Crippen LogP contribution in [0.2, 0.25) is 0 Å². The molecule has 1 aliphatic rings. The summed E-state index contributed by atoms with van der Waals surface area (Å²) >= 11 is 1.43. The number of esters is 1. The lowest BCUT2D eigenvalue weighted by atomic mass is 9.96. The third-order valence-electron chi connectivity index (χ3n) is 4.39. The fourth-order valence-electron chi connectivity index (χ4n) is 3.06. The molecule has 0 bridgehead atoms. The maximum Gasteiger partial charge on any atom is 0.344 e. The number of fused-ring (bicyclic) bond motifs is 1. The second-order valence-electron chi connectivity index (χ2n) is 6.43. The molecule has 7 nitrogen and oxygen atoms in total. The monoisotopic (exact) mass is 414 g/mol. The van der Waals surface area contributed by atoms with E-state index >= 15 is 0 Å². The van der Waals surface area contributed by atoms with Crippen molar-refractivity contribution >= 4 is 28.2 Å². The van der Waals surface area contributed by atoms with Crippen LogP contribution in [0.4, 0.5) is 5.00 Å². The van der Waals surface area contributed by atoms with Gasteiger partial charge >= 0.3 is 5.97 Å². The first-order valence-electron chi connectivity index (χ1n) is 9.46. The van der Waals surface area contributed by atoms with Gasteiger partial charge in [0.1, 0.15) is 22.6 Å². The number of anilines is 1. The minimum atomic E-state index is -0.653. The van der Waals surface area contributed by atoms with E-state index in [2.05, 4.69) is 11.4 Å². The lowest BCUT2D eigenvalue weighted by Gasteiger charge is -2.09. The summed E-state index contributed by atoms with van der Waals surface area (Å²) in [6.45, 7) is 1.72. The van der Waals surface area contributed by atoms with E-state index in [-0.39, 0.29) is 6.61 Å². The molecule has 2 aromatic rings. The Bertz CT molecular complexity index is 914. The van der Waals surface area contributed by atoms with Crippen molar-refractivity contribution in [2.45, 2.75) is 32.6 Å². The molecule has 8 heteroatoms. The molecule has 1 heterocycles. The van der Waals surface area contributed by atoms with Crippen LogP contribution in [-0.2, 0) is 27.2 Å². The van der Waals surface area contributed by atoms with E-state index in [9.17, 15) is 14.9 Å². The van der Waals surface area contributed by atoms with Gasteiger partial charge in [-0.25, -0.2) is 4.79 Å². The Morgan fingerprint density at radius 1 is 1.10 bits per heavy atom. The van der Waals surface area contributed by atoms with Gasteiger partial charge in [0.25, 0.3) is 5.91 Å². The lowest BCUT2D eigenvalue weighted by molar-refractivity contribution is -0.149. The number of carbonyl (C=O) groups excluding carboxylic acids is 2. The summed E-state index contributed by atoms with van der Waals surface area (Å²) in [7, 11) is 0. The number of carbonyl (C=O) groups is 2. The Morgan fingerprint density at radius 3 is 2.48 bits per heavy atom. The largest absolute Gasteiger partial charge is 0.494 e. The standard InChI is InChI=1S/C21H22N2O5S/c1-2-26-14-7-9-15(10-8-14)27-13-20(25)28-12-19(24)23-21-17(11-22)16-5-3-4-6-18(16)29-21/h7-10H,2-6,12-13H2,1H3,(H,23,24). The van der Waals surface area contributed by atoms with Gasteiger partial charge in [-0.15, -0.1) is 11.3 Å². The zero-order valence-electron chi connectivity index (χ0n) is 16.2. The first-order chi connectivity index (χ1) is 14.1. The van der Waals surface area contributed by atoms with E-state index in [0.29, 0.717) is 28.7 Å². The Balaban J connectivity index is 1.45. The SMILES string of the molecule is CCOc1ccc(OCC(=O)OCC(=O)Nc2sc3c(c2C#N)CCCC3)cc1. The van der Waals surface area contributed by atoms with Crippen molar-refractivity contribution in [1.82, 2.24) is 0 Å². The Kier molecular flexibility index (Phi) is 7.09. The summed E-state index contributed by atoms with van der Waals surface area (Å²) in [6, 6.07) is 9.04. The average Bonchev–Trinajstić information content (AvgIpc) is 3.08. The molecule has 1 aliphatic carbocycles. The second-order valence-corrected chi connectivity index (χ2v) is 7.53. The minimum Gasteiger partial charge on any atom is -0.494 e. The van der Waals surface area contributed by atoms with Crippen molar-refractivity contribution in [3.8, 4) is 17.6 Å². The molecule has 1 aromatic heterocycles. The third kappa shape index (κ3) is 5.48. The van der Waals surface area contributed by atoms with E-state index in [1.54, 1.807) is 24.3 Å². The predicted molar refractivity (Wildman–Crippen MR) is 108 cm³/mol. The van der Waals surface area contributed by atoms with Crippen LogP contribution in [0.15, 0.2) is 24.3 Å². The average molecular weight is 414 g/mol. The fourth-order valence-corrected chi connectivity index (χ4v) is 4.32. The van der Waals surface area contributed by atoms with Crippen molar-refractivity contribution in [2.24, 2.45) is 0 Å². The minimum absolute atomic E-state index is 0.308. The van der Waals surface area contributed by atoms with Crippen LogP contribution in [0.5, 0.6) is 11.5 Å². The van der Waals surface area contributed by atoms with Crippen molar-refractivity contribution < 1.29 is 23.8 Å². The van der Waals surface area contributed by atoms with Crippen LogP contribution in [0, 0.1) is 11.3 Å². The van der Waals surface area contributed by atoms with Crippen molar-refractivity contribution in [1.29, 1.82) is 5.26 Å². The summed E-state index contributed by atoms with van der Waals surface area (Å²) < 4.78 is 15.6. The number of benzene rings is 1. The molecule has 29 heavy (non-hydrogen) atoms. The first kappa shape index (κ1) is 20.7. The number of aryl methyl sites for hydroxylation is 1. The van der Waals surface area contributed by atoms with E-state index in [4.69, 9.17) is 14.2 Å². The molecule has 0 spiro atoms. The first-order valence-corrected chi connectivity index (χ1v) is 10.3. The van der Waals surface area contributed by atoms with E-state index < -0.39 is 18.5 Å². The molecule has 3 rings (SSSR count). The van der Waals surface area contributed by atoms with Gasteiger partial charge in [0, 0.05) is 4.88 Å². The second kappa shape index (κ2) is 9.94. The molecule has 1 N–H and O–H groups in total. The molecular weight excluding hydrogens is 392 g/mol. The van der Waals surface area contributed by atoms with Gasteiger partial charge in [-0.3, -0.25) is 4.79 Å². The zero-order chi connectivity index (χ0) is 20.6. The molecule has 0 fully saturated rings. The van der Waals surface area contributed by atoms with Crippen molar-refractivity contribution in [2.75, 3.05) is 25.1 Å². The number of nitrogens with one attached hydrogen (secondary N) is 1. The van der Waals surface area contributed by atoms with Gasteiger partial charge in [0.15, 0.2) is 13.2 Å². The molecule has 1 aromatic carbocycles. The summed E-state index contributed by atoms with van der Waals surface area (Å²) in [5.74, 6) is 0.0818. The van der Waals surface area contributed by atoms with E-state index in [0.717, 1.165) is 36.1 Å². The third-order valence-corrected chi connectivity index (χ3v) is 5.60. The van der Waals surface area contributed by atoms with E-state index in [1.807, 2.05) is 6.92 Å². The number of hydrogen-bond donors (Lipinski definition) is 1. The van der Waals surface area contributed by atoms with Gasteiger partial charge in [-0.2, -0.15) is 5.26 Å². The van der Waals surface area contributed by atoms with Crippen LogP contribution >= 0.6 is 11.3 Å². The molecule has 0 saturated heterocycles. The zero-order valence-corrected chi connectivity index (χ0v) is 17.0. The van der Waals surface area contributed by atoms with Gasteiger partial charge in [0.2, 0.25) is 0 Å². The number of rotatable bonds is 8. The maximum absolute atomic E-state index is 12.1. The molecule has 0 unspecified atom stereocenters. The summed E-state index contributed by atoms with van der Waals surface area (Å²) in [5, 5.41) is 12.6. The molecule has 0 radical (unpaired) electrons.